The maximum absolute atomic E-state index is 13.3. The summed E-state index contributed by atoms with van der Waals surface area (Å²) in [5, 5.41) is 3.47. The number of rotatable bonds is 5. The first-order valence-electron chi connectivity index (χ1n) is 9.30. The number of aryl methyl sites for hydroxylation is 1. The molecule has 1 heterocycles. The molecule has 0 fully saturated rings. The Hall–Kier alpha value is -3.80. The number of fused-ring (bicyclic) bond motifs is 1. The Bertz CT molecular complexity index is 1050. The van der Waals surface area contributed by atoms with Gasteiger partial charge < -0.3 is 15.8 Å². The fourth-order valence-electron chi connectivity index (χ4n) is 3.36. The maximum Gasteiger partial charge on any atom is 0.262 e. The van der Waals surface area contributed by atoms with Crippen molar-refractivity contribution in [3.63, 3.8) is 0 Å². The minimum absolute atomic E-state index is 0.0674. The molecular weight excluding hydrogens is 366 g/mol. The average Bonchev–Trinajstić information content (AvgIpc) is 2.73. The van der Waals surface area contributed by atoms with Crippen LogP contribution in [-0.4, -0.2) is 18.4 Å². The smallest absolute Gasteiger partial charge is 0.262 e. The zero-order chi connectivity index (χ0) is 20.4. The number of benzene rings is 3. The molecule has 3 aromatic rings. The van der Waals surface area contributed by atoms with E-state index in [1.807, 2.05) is 67.6 Å². The summed E-state index contributed by atoms with van der Waals surface area (Å²) in [7, 11) is 0. The number of nitrogens with two attached hydrogens (primary N) is 1. The van der Waals surface area contributed by atoms with Crippen molar-refractivity contribution in [1.29, 1.82) is 0 Å². The number of amides is 2. The van der Waals surface area contributed by atoms with Crippen LogP contribution < -0.4 is 20.7 Å². The highest BCUT2D eigenvalue weighted by Gasteiger charge is 2.33. The lowest BCUT2D eigenvalue weighted by molar-refractivity contribution is -0.119. The van der Waals surface area contributed by atoms with Crippen LogP contribution in [0.5, 0.6) is 5.75 Å². The molecule has 0 radical (unpaired) electrons. The zero-order valence-corrected chi connectivity index (χ0v) is 16.0. The van der Waals surface area contributed by atoms with Crippen molar-refractivity contribution in [3.05, 3.63) is 89.5 Å². The number of para-hydroxylation sites is 1. The van der Waals surface area contributed by atoms with E-state index < -0.39 is 5.91 Å². The van der Waals surface area contributed by atoms with Crippen molar-refractivity contribution < 1.29 is 14.3 Å². The molecule has 0 bridgehead atoms. The molecule has 1 aliphatic heterocycles. The van der Waals surface area contributed by atoms with Gasteiger partial charge in [-0.05, 0) is 48.9 Å². The largest absolute Gasteiger partial charge is 0.484 e. The van der Waals surface area contributed by atoms with Gasteiger partial charge in [0.15, 0.2) is 6.61 Å². The van der Waals surface area contributed by atoms with Gasteiger partial charge in [0.1, 0.15) is 11.9 Å². The summed E-state index contributed by atoms with van der Waals surface area (Å²) in [6.45, 7) is 1.83. The number of carbonyl (C=O) groups excluding carboxylic acids is 2. The third-order valence-corrected chi connectivity index (χ3v) is 4.82. The summed E-state index contributed by atoms with van der Waals surface area (Å²) < 4.78 is 5.34. The number of nitrogens with zero attached hydrogens (tertiary/aromatic N) is 1. The van der Waals surface area contributed by atoms with E-state index in [0.29, 0.717) is 11.3 Å². The van der Waals surface area contributed by atoms with Crippen LogP contribution in [0.3, 0.4) is 0 Å². The van der Waals surface area contributed by atoms with E-state index in [0.717, 1.165) is 22.5 Å². The van der Waals surface area contributed by atoms with Crippen LogP contribution in [0, 0.1) is 6.92 Å². The second kappa shape index (κ2) is 7.67. The molecule has 146 valence electrons. The van der Waals surface area contributed by atoms with Crippen LogP contribution in [-0.2, 0) is 4.79 Å². The molecule has 0 aliphatic carbocycles. The van der Waals surface area contributed by atoms with Gasteiger partial charge >= 0.3 is 0 Å². The number of anilines is 2. The molecule has 0 aromatic heterocycles. The third kappa shape index (κ3) is 3.78. The lowest BCUT2D eigenvalue weighted by atomic mass is 10.0. The van der Waals surface area contributed by atoms with Gasteiger partial charge in [-0.2, -0.15) is 0 Å². The molecule has 3 aromatic carbocycles. The van der Waals surface area contributed by atoms with Crippen LogP contribution in [0.1, 0.15) is 27.7 Å². The first-order chi connectivity index (χ1) is 14.0. The lowest BCUT2D eigenvalue weighted by Gasteiger charge is -2.38. The molecule has 3 N–H and O–H groups in total. The average molecular weight is 387 g/mol. The Morgan fingerprint density at radius 3 is 2.41 bits per heavy atom. The summed E-state index contributed by atoms with van der Waals surface area (Å²) in [4.78, 5) is 26.0. The maximum atomic E-state index is 13.3. The van der Waals surface area contributed by atoms with Gasteiger partial charge in [-0.15, -0.1) is 0 Å². The van der Waals surface area contributed by atoms with Gasteiger partial charge in [-0.25, -0.2) is 0 Å². The Morgan fingerprint density at radius 1 is 1.03 bits per heavy atom. The van der Waals surface area contributed by atoms with E-state index in [4.69, 9.17) is 10.5 Å². The Balaban J connectivity index is 1.71. The minimum Gasteiger partial charge on any atom is -0.484 e. The SMILES string of the molecule is Cc1ccc(N2C(=O)c3ccccc3NC2c2ccc(OCC(N)=O)cc2)cc1. The highest BCUT2D eigenvalue weighted by Crippen LogP contribution is 2.37. The summed E-state index contributed by atoms with van der Waals surface area (Å²) >= 11 is 0. The monoisotopic (exact) mass is 387 g/mol. The molecule has 0 saturated carbocycles. The molecule has 2 amide bonds. The topological polar surface area (TPSA) is 84.7 Å². The van der Waals surface area contributed by atoms with Crippen molar-refractivity contribution in [2.75, 3.05) is 16.8 Å². The predicted molar refractivity (Wildman–Crippen MR) is 112 cm³/mol. The summed E-state index contributed by atoms with van der Waals surface area (Å²) in [6, 6.07) is 22.6. The summed E-state index contributed by atoms with van der Waals surface area (Å²) in [6.07, 6.45) is -0.384. The first kappa shape index (κ1) is 18.6. The standard InChI is InChI=1S/C23H21N3O3/c1-15-6-10-17(11-7-15)26-22(25-20-5-3-2-4-19(20)23(26)28)16-8-12-18(13-9-16)29-14-21(24)27/h2-13,22,25H,14H2,1H3,(H2,24,27). The molecule has 1 atom stereocenters. The van der Waals surface area contributed by atoms with Gasteiger partial charge in [0.25, 0.3) is 11.8 Å². The fraction of sp³-hybridized carbons (Fsp3) is 0.130. The van der Waals surface area contributed by atoms with Gasteiger partial charge in [0, 0.05) is 11.4 Å². The summed E-state index contributed by atoms with van der Waals surface area (Å²) in [5.41, 5.74) is 9.36. The van der Waals surface area contributed by atoms with Crippen LogP contribution in [0.2, 0.25) is 0 Å². The van der Waals surface area contributed by atoms with Gasteiger partial charge in [0.05, 0.1) is 5.56 Å². The van der Waals surface area contributed by atoms with Crippen molar-refractivity contribution in [1.82, 2.24) is 0 Å². The first-order valence-corrected chi connectivity index (χ1v) is 9.30. The number of carbonyl (C=O) groups is 2. The van der Waals surface area contributed by atoms with E-state index in [9.17, 15) is 9.59 Å². The van der Waals surface area contributed by atoms with Gasteiger partial charge in [0.2, 0.25) is 0 Å². The Labute approximate surface area is 168 Å². The third-order valence-electron chi connectivity index (χ3n) is 4.82. The van der Waals surface area contributed by atoms with E-state index in [1.165, 1.54) is 0 Å². The number of hydrogen-bond donors (Lipinski definition) is 2. The van der Waals surface area contributed by atoms with Crippen LogP contribution in [0.4, 0.5) is 11.4 Å². The van der Waals surface area contributed by atoms with Crippen molar-refractivity contribution in [3.8, 4) is 5.75 Å². The summed E-state index contributed by atoms with van der Waals surface area (Å²) in [5.74, 6) is -0.0602. The van der Waals surface area contributed by atoms with E-state index in [-0.39, 0.29) is 18.7 Å². The highest BCUT2D eigenvalue weighted by atomic mass is 16.5. The predicted octanol–water partition coefficient (Wildman–Crippen LogP) is 3.63. The highest BCUT2D eigenvalue weighted by molar-refractivity contribution is 6.12. The van der Waals surface area contributed by atoms with Crippen LogP contribution in [0.15, 0.2) is 72.8 Å². The quantitative estimate of drug-likeness (QED) is 0.700. The number of primary amides is 1. The van der Waals surface area contributed by atoms with Crippen LogP contribution >= 0.6 is 0 Å². The molecule has 0 spiro atoms. The van der Waals surface area contributed by atoms with Crippen molar-refractivity contribution in [2.45, 2.75) is 13.1 Å². The van der Waals surface area contributed by atoms with Crippen molar-refractivity contribution >= 4 is 23.2 Å². The fourth-order valence-corrected chi connectivity index (χ4v) is 3.36. The molecule has 0 saturated heterocycles. The zero-order valence-electron chi connectivity index (χ0n) is 16.0. The molecule has 29 heavy (non-hydrogen) atoms. The number of ether oxygens (including phenoxy) is 1. The molecule has 1 aliphatic rings. The minimum atomic E-state index is -0.532. The van der Waals surface area contributed by atoms with Gasteiger partial charge in [-0.3, -0.25) is 14.5 Å². The molecule has 1 unspecified atom stereocenters. The lowest BCUT2D eigenvalue weighted by Crippen LogP contribution is -2.43. The second-order valence-corrected chi connectivity index (χ2v) is 6.93. The van der Waals surface area contributed by atoms with Crippen LogP contribution in [0.25, 0.3) is 0 Å². The number of nitrogens with one attached hydrogen (secondary N) is 1. The molecule has 6 heteroatoms. The molecular formula is C23H21N3O3. The Morgan fingerprint density at radius 2 is 1.72 bits per heavy atom. The van der Waals surface area contributed by atoms with E-state index in [2.05, 4.69) is 5.32 Å². The molecule has 6 nitrogen and oxygen atoms in total. The normalized spacial score (nSPS) is 15.4. The number of hydrogen-bond acceptors (Lipinski definition) is 4. The van der Waals surface area contributed by atoms with Gasteiger partial charge in [-0.1, -0.05) is 42.0 Å². The van der Waals surface area contributed by atoms with E-state index >= 15 is 0 Å². The Kier molecular flexibility index (Phi) is 4.91. The second-order valence-electron chi connectivity index (χ2n) is 6.93. The van der Waals surface area contributed by atoms with Crippen molar-refractivity contribution in [2.24, 2.45) is 5.73 Å². The molecule has 4 rings (SSSR count). The van der Waals surface area contributed by atoms with E-state index in [1.54, 1.807) is 17.0 Å².